The molecule has 30 heavy (non-hydrogen) atoms. The number of ether oxygens (including phenoxy) is 1. The van der Waals surface area contributed by atoms with Crippen molar-refractivity contribution in [2.24, 2.45) is 0 Å². The maximum atomic E-state index is 14.0. The molecule has 1 atom stereocenters. The highest BCUT2D eigenvalue weighted by molar-refractivity contribution is 5.77. The monoisotopic (exact) mass is 413 g/mol. The molecule has 1 heterocycles. The summed E-state index contributed by atoms with van der Waals surface area (Å²) in [6.45, 7) is 8.92. The van der Waals surface area contributed by atoms with Gasteiger partial charge in [0, 0.05) is 43.9 Å². The van der Waals surface area contributed by atoms with Crippen LogP contribution in [0.5, 0.6) is 5.75 Å². The summed E-state index contributed by atoms with van der Waals surface area (Å²) in [6.07, 6.45) is 0.947. The Hall–Kier alpha value is -2.60. The fourth-order valence-corrected chi connectivity index (χ4v) is 4.01. The predicted molar refractivity (Wildman–Crippen MR) is 119 cm³/mol. The van der Waals surface area contributed by atoms with Crippen molar-refractivity contribution >= 4 is 11.6 Å². The molecule has 0 bridgehead atoms. The molecule has 1 saturated heterocycles. The minimum absolute atomic E-state index is 0.0561. The zero-order valence-corrected chi connectivity index (χ0v) is 18.2. The molecule has 1 aliphatic rings. The highest BCUT2D eigenvalue weighted by Gasteiger charge is 2.22. The van der Waals surface area contributed by atoms with Crippen LogP contribution in [0.1, 0.15) is 37.4 Å². The van der Waals surface area contributed by atoms with Crippen LogP contribution >= 0.6 is 0 Å². The van der Waals surface area contributed by atoms with Gasteiger partial charge in [0.15, 0.2) is 0 Å². The van der Waals surface area contributed by atoms with E-state index in [0.717, 1.165) is 55.3 Å². The van der Waals surface area contributed by atoms with Gasteiger partial charge in [-0.3, -0.25) is 4.79 Å². The number of likely N-dealkylation sites (N-methyl/N-ethyl adjacent to an activating group) is 1. The van der Waals surface area contributed by atoms with Crippen molar-refractivity contribution in [2.75, 3.05) is 44.7 Å². The smallest absolute Gasteiger partial charge is 0.220 e. The average molecular weight is 414 g/mol. The van der Waals surface area contributed by atoms with E-state index in [1.165, 1.54) is 6.07 Å². The van der Waals surface area contributed by atoms with Gasteiger partial charge >= 0.3 is 0 Å². The second-order valence-corrected chi connectivity index (χ2v) is 7.73. The van der Waals surface area contributed by atoms with Crippen LogP contribution in [-0.4, -0.2) is 50.6 Å². The molecule has 6 heteroatoms. The van der Waals surface area contributed by atoms with Crippen LogP contribution in [0.3, 0.4) is 0 Å². The number of benzene rings is 2. The van der Waals surface area contributed by atoms with Crippen molar-refractivity contribution in [1.29, 1.82) is 0 Å². The Morgan fingerprint density at radius 1 is 1.17 bits per heavy atom. The van der Waals surface area contributed by atoms with Crippen molar-refractivity contribution in [3.05, 3.63) is 59.4 Å². The molecule has 1 amide bonds. The second-order valence-electron chi connectivity index (χ2n) is 7.73. The number of para-hydroxylation sites is 1. The van der Waals surface area contributed by atoms with Crippen molar-refractivity contribution < 1.29 is 13.9 Å². The first-order valence-electron chi connectivity index (χ1n) is 10.7. The third kappa shape index (κ3) is 5.51. The summed E-state index contributed by atoms with van der Waals surface area (Å²) in [5.41, 5.74) is 2.83. The molecule has 0 radical (unpaired) electrons. The maximum Gasteiger partial charge on any atom is 0.220 e. The Bertz CT molecular complexity index is 850. The van der Waals surface area contributed by atoms with Gasteiger partial charge in [0.2, 0.25) is 5.91 Å². The molecule has 1 aliphatic heterocycles. The molecule has 1 fully saturated rings. The summed E-state index contributed by atoms with van der Waals surface area (Å²) in [6, 6.07) is 12.3. The topological polar surface area (TPSA) is 44.8 Å². The van der Waals surface area contributed by atoms with Crippen LogP contribution in [0.15, 0.2) is 42.5 Å². The number of hydrogen-bond acceptors (Lipinski definition) is 4. The molecule has 0 spiro atoms. The lowest BCUT2D eigenvalue weighted by Gasteiger charge is -2.37. The van der Waals surface area contributed by atoms with Crippen molar-refractivity contribution in [2.45, 2.75) is 32.7 Å². The third-order valence-electron chi connectivity index (χ3n) is 5.81. The molecule has 1 unspecified atom stereocenters. The number of carbonyl (C=O) groups excluding carboxylic acids is 1. The Kier molecular flexibility index (Phi) is 7.69. The lowest BCUT2D eigenvalue weighted by atomic mass is 10.0. The van der Waals surface area contributed by atoms with Gasteiger partial charge in [0.25, 0.3) is 0 Å². The summed E-state index contributed by atoms with van der Waals surface area (Å²) in [5, 5.41) is 3.05. The Morgan fingerprint density at radius 3 is 2.60 bits per heavy atom. The van der Waals surface area contributed by atoms with Gasteiger partial charge in [-0.15, -0.1) is 0 Å². The zero-order valence-electron chi connectivity index (χ0n) is 18.2. The number of hydrogen-bond donors (Lipinski definition) is 1. The molecular weight excluding hydrogens is 381 g/mol. The van der Waals surface area contributed by atoms with Gasteiger partial charge in [0.1, 0.15) is 11.6 Å². The summed E-state index contributed by atoms with van der Waals surface area (Å²) in [7, 11) is 1.63. The third-order valence-corrected chi connectivity index (χ3v) is 5.81. The first-order valence-corrected chi connectivity index (χ1v) is 10.7. The summed E-state index contributed by atoms with van der Waals surface area (Å²) in [4.78, 5) is 17.3. The molecule has 2 aromatic rings. The van der Waals surface area contributed by atoms with Crippen molar-refractivity contribution in [1.82, 2.24) is 10.2 Å². The number of carbonyl (C=O) groups is 1. The highest BCUT2D eigenvalue weighted by atomic mass is 19.1. The number of nitrogens with zero attached hydrogens (tertiary/aromatic N) is 2. The summed E-state index contributed by atoms with van der Waals surface area (Å²) >= 11 is 0. The van der Waals surface area contributed by atoms with Gasteiger partial charge in [-0.1, -0.05) is 25.1 Å². The van der Waals surface area contributed by atoms with E-state index in [4.69, 9.17) is 4.74 Å². The Morgan fingerprint density at radius 2 is 1.90 bits per heavy atom. The van der Waals surface area contributed by atoms with Crippen molar-refractivity contribution in [3.63, 3.8) is 0 Å². The van der Waals surface area contributed by atoms with Gasteiger partial charge < -0.3 is 19.9 Å². The molecule has 0 aliphatic carbocycles. The van der Waals surface area contributed by atoms with Crippen molar-refractivity contribution in [3.8, 4) is 5.75 Å². The fourth-order valence-electron chi connectivity index (χ4n) is 4.01. The standard InChI is InChI=1S/C24H32FN3O2/c1-4-27-13-15-28(16-14-27)22-11-10-20(25)17-21(22)18(2)26-24(29)12-9-19-7-5-6-8-23(19)30-3/h5-8,10-11,17-18H,4,9,12-16H2,1-3H3,(H,26,29). The largest absolute Gasteiger partial charge is 0.496 e. The summed E-state index contributed by atoms with van der Waals surface area (Å²) in [5.74, 6) is 0.451. The number of amides is 1. The van der Waals surface area contributed by atoms with Gasteiger partial charge in [-0.25, -0.2) is 4.39 Å². The molecule has 3 rings (SSSR count). The first-order chi connectivity index (χ1) is 14.5. The lowest BCUT2D eigenvalue weighted by molar-refractivity contribution is -0.121. The zero-order chi connectivity index (χ0) is 21.5. The minimum Gasteiger partial charge on any atom is -0.496 e. The molecule has 162 valence electrons. The number of methoxy groups -OCH3 is 1. The van der Waals surface area contributed by atoms with E-state index in [0.29, 0.717) is 12.8 Å². The van der Waals surface area contributed by atoms with E-state index in [1.54, 1.807) is 13.2 Å². The normalized spacial score (nSPS) is 15.7. The number of halogens is 1. The highest BCUT2D eigenvalue weighted by Crippen LogP contribution is 2.28. The molecule has 1 N–H and O–H groups in total. The van der Waals surface area contributed by atoms with Crippen LogP contribution < -0.4 is 15.0 Å². The number of rotatable bonds is 8. The van der Waals surface area contributed by atoms with Crippen LogP contribution in [0, 0.1) is 5.82 Å². The van der Waals surface area contributed by atoms with E-state index in [1.807, 2.05) is 37.3 Å². The summed E-state index contributed by atoms with van der Waals surface area (Å²) < 4.78 is 19.4. The lowest BCUT2D eigenvalue weighted by Crippen LogP contribution is -2.46. The predicted octanol–water partition coefficient (Wildman–Crippen LogP) is 3.79. The maximum absolute atomic E-state index is 14.0. The number of piperazine rings is 1. The number of nitrogens with one attached hydrogen (secondary N) is 1. The number of anilines is 1. The second kappa shape index (κ2) is 10.4. The van der Waals surface area contributed by atoms with E-state index >= 15 is 0 Å². The number of aryl methyl sites for hydroxylation is 1. The van der Waals surface area contributed by atoms with Crippen LogP contribution in [0.2, 0.25) is 0 Å². The Balaban J connectivity index is 1.65. The molecule has 2 aromatic carbocycles. The van der Waals surface area contributed by atoms with Gasteiger partial charge in [-0.2, -0.15) is 0 Å². The molecule has 5 nitrogen and oxygen atoms in total. The molecular formula is C24H32FN3O2. The van der Waals surface area contributed by atoms with E-state index in [-0.39, 0.29) is 17.8 Å². The fraction of sp³-hybridized carbons (Fsp3) is 0.458. The van der Waals surface area contributed by atoms with Crippen LogP contribution in [0.4, 0.5) is 10.1 Å². The quantitative estimate of drug-likeness (QED) is 0.715. The SMILES string of the molecule is CCN1CCN(c2ccc(F)cc2C(C)NC(=O)CCc2ccccc2OC)CC1. The molecule has 0 aromatic heterocycles. The van der Waals surface area contributed by atoms with E-state index in [2.05, 4.69) is 22.0 Å². The van der Waals surface area contributed by atoms with E-state index < -0.39 is 0 Å². The van der Waals surface area contributed by atoms with Crippen LogP contribution in [0.25, 0.3) is 0 Å². The first kappa shape index (κ1) is 22.1. The minimum atomic E-state index is -0.281. The van der Waals surface area contributed by atoms with Gasteiger partial charge in [-0.05, 0) is 49.7 Å². The van der Waals surface area contributed by atoms with Gasteiger partial charge in [0.05, 0.1) is 13.2 Å². The Labute approximate surface area is 178 Å². The van der Waals surface area contributed by atoms with Crippen LogP contribution in [-0.2, 0) is 11.2 Å². The molecule has 0 saturated carbocycles. The van der Waals surface area contributed by atoms with E-state index in [9.17, 15) is 9.18 Å². The average Bonchev–Trinajstić information content (AvgIpc) is 2.78.